The molecule has 0 unspecified atom stereocenters. The Hall–Kier alpha value is -1.69. The lowest BCUT2D eigenvalue weighted by molar-refractivity contribution is 0.0594. The van der Waals surface area contributed by atoms with Gasteiger partial charge in [0.05, 0.1) is 18.4 Å². The number of halogens is 2. The number of hydrogen-bond acceptors (Lipinski definition) is 4. The van der Waals surface area contributed by atoms with E-state index >= 15 is 0 Å². The predicted molar refractivity (Wildman–Crippen MR) is 69.7 cm³/mol. The van der Waals surface area contributed by atoms with Crippen molar-refractivity contribution in [3.8, 4) is 0 Å². The van der Waals surface area contributed by atoms with Gasteiger partial charge in [-0.1, -0.05) is 0 Å². The molecule has 20 heavy (non-hydrogen) atoms. The summed E-state index contributed by atoms with van der Waals surface area (Å²) in [6.45, 7) is 1.95. The summed E-state index contributed by atoms with van der Waals surface area (Å²) >= 11 is 0. The van der Waals surface area contributed by atoms with Crippen LogP contribution in [0.2, 0.25) is 0 Å². The second-order valence-electron chi connectivity index (χ2n) is 4.72. The van der Waals surface area contributed by atoms with Gasteiger partial charge in [-0.05, 0) is 30.9 Å². The van der Waals surface area contributed by atoms with Crippen LogP contribution in [0.3, 0.4) is 0 Å². The molecular weight excluding hydrogens is 268 g/mol. The van der Waals surface area contributed by atoms with Crippen molar-refractivity contribution >= 4 is 11.7 Å². The number of hydrogen-bond donors (Lipinski definition) is 1. The molecule has 2 rings (SSSR count). The molecule has 0 aliphatic carbocycles. The van der Waals surface area contributed by atoms with Crippen LogP contribution in [-0.2, 0) is 9.47 Å². The largest absolute Gasteiger partial charge is 0.465 e. The van der Waals surface area contributed by atoms with Crippen molar-refractivity contribution < 1.29 is 23.0 Å². The standard InChI is InChI=1S/C14H17F2NO3/c1-19-14(18)10-2-3-11(13(16)12(10)15)17-8-9-4-6-20-7-5-9/h2-3,9,17H,4-8H2,1H3. The molecule has 1 aliphatic rings. The van der Waals surface area contributed by atoms with Crippen molar-refractivity contribution in [1.82, 2.24) is 0 Å². The lowest BCUT2D eigenvalue weighted by Crippen LogP contribution is -2.23. The molecule has 0 bridgehead atoms. The van der Waals surface area contributed by atoms with Gasteiger partial charge in [0.1, 0.15) is 0 Å². The molecule has 110 valence electrons. The SMILES string of the molecule is COC(=O)c1ccc(NCC2CCOCC2)c(F)c1F. The smallest absolute Gasteiger partial charge is 0.340 e. The molecule has 1 aliphatic heterocycles. The van der Waals surface area contributed by atoms with E-state index in [0.717, 1.165) is 20.0 Å². The number of rotatable bonds is 4. The van der Waals surface area contributed by atoms with Gasteiger partial charge in [0.15, 0.2) is 11.6 Å². The maximum absolute atomic E-state index is 13.8. The maximum Gasteiger partial charge on any atom is 0.340 e. The average Bonchev–Trinajstić information content (AvgIpc) is 2.49. The van der Waals surface area contributed by atoms with Gasteiger partial charge in [-0.25, -0.2) is 13.6 Å². The number of nitrogens with one attached hydrogen (secondary N) is 1. The Morgan fingerprint density at radius 2 is 2.05 bits per heavy atom. The molecule has 1 saturated heterocycles. The number of benzene rings is 1. The molecule has 1 N–H and O–H groups in total. The van der Waals surface area contributed by atoms with E-state index in [-0.39, 0.29) is 5.69 Å². The Morgan fingerprint density at radius 1 is 1.35 bits per heavy atom. The fourth-order valence-corrected chi connectivity index (χ4v) is 2.16. The Labute approximate surface area is 116 Å². The first-order valence-electron chi connectivity index (χ1n) is 6.51. The van der Waals surface area contributed by atoms with E-state index in [4.69, 9.17) is 4.74 Å². The van der Waals surface area contributed by atoms with E-state index in [2.05, 4.69) is 10.1 Å². The molecule has 0 amide bonds. The van der Waals surface area contributed by atoms with Crippen LogP contribution in [-0.4, -0.2) is 32.8 Å². The fraction of sp³-hybridized carbons (Fsp3) is 0.500. The number of methoxy groups -OCH3 is 1. The van der Waals surface area contributed by atoms with Crippen LogP contribution in [0.1, 0.15) is 23.2 Å². The van der Waals surface area contributed by atoms with Crippen LogP contribution in [0.5, 0.6) is 0 Å². The highest BCUT2D eigenvalue weighted by Crippen LogP contribution is 2.23. The third-order valence-electron chi connectivity index (χ3n) is 3.41. The molecule has 0 saturated carbocycles. The summed E-state index contributed by atoms with van der Waals surface area (Å²) in [6.07, 6.45) is 1.80. The first-order chi connectivity index (χ1) is 9.63. The second-order valence-corrected chi connectivity index (χ2v) is 4.72. The molecule has 4 nitrogen and oxygen atoms in total. The van der Waals surface area contributed by atoms with E-state index in [1.165, 1.54) is 12.1 Å². The molecule has 1 aromatic carbocycles. The molecule has 0 radical (unpaired) electrons. The van der Waals surface area contributed by atoms with Gasteiger partial charge in [-0.2, -0.15) is 0 Å². The van der Waals surface area contributed by atoms with Crippen molar-refractivity contribution in [2.24, 2.45) is 5.92 Å². The van der Waals surface area contributed by atoms with Crippen molar-refractivity contribution in [3.05, 3.63) is 29.3 Å². The van der Waals surface area contributed by atoms with Crippen LogP contribution in [0.25, 0.3) is 0 Å². The highest BCUT2D eigenvalue weighted by molar-refractivity contribution is 5.90. The van der Waals surface area contributed by atoms with Gasteiger partial charge in [0, 0.05) is 19.8 Å². The average molecular weight is 285 g/mol. The van der Waals surface area contributed by atoms with Gasteiger partial charge in [0.25, 0.3) is 0 Å². The minimum Gasteiger partial charge on any atom is -0.465 e. The van der Waals surface area contributed by atoms with Crippen LogP contribution >= 0.6 is 0 Å². The van der Waals surface area contributed by atoms with Gasteiger partial charge in [-0.3, -0.25) is 0 Å². The summed E-state index contributed by atoms with van der Waals surface area (Å²) in [7, 11) is 1.12. The van der Waals surface area contributed by atoms with E-state index in [9.17, 15) is 13.6 Å². The zero-order valence-electron chi connectivity index (χ0n) is 11.2. The van der Waals surface area contributed by atoms with Gasteiger partial charge in [0.2, 0.25) is 0 Å². The summed E-state index contributed by atoms with van der Waals surface area (Å²) in [5.41, 5.74) is -0.344. The molecule has 0 spiro atoms. The minimum atomic E-state index is -1.19. The highest BCUT2D eigenvalue weighted by Gasteiger charge is 2.20. The summed E-state index contributed by atoms with van der Waals surface area (Å²) in [4.78, 5) is 11.2. The third-order valence-corrected chi connectivity index (χ3v) is 3.41. The zero-order valence-corrected chi connectivity index (χ0v) is 11.2. The number of carbonyl (C=O) groups excluding carboxylic acids is 1. The molecule has 1 heterocycles. The number of ether oxygens (including phenoxy) is 2. The lowest BCUT2D eigenvalue weighted by Gasteiger charge is -2.22. The summed E-state index contributed by atoms with van der Waals surface area (Å²) in [6, 6.07) is 2.57. The van der Waals surface area contributed by atoms with Gasteiger partial charge < -0.3 is 14.8 Å². The highest BCUT2D eigenvalue weighted by atomic mass is 19.2. The minimum absolute atomic E-state index is 0.0571. The van der Waals surface area contributed by atoms with E-state index < -0.39 is 23.2 Å². The Kier molecular flexibility index (Phi) is 4.89. The molecule has 0 atom stereocenters. The fourth-order valence-electron chi connectivity index (χ4n) is 2.16. The summed E-state index contributed by atoms with van der Waals surface area (Å²) in [5, 5.41) is 2.88. The van der Waals surface area contributed by atoms with Gasteiger partial charge in [-0.15, -0.1) is 0 Å². The summed E-state index contributed by atoms with van der Waals surface area (Å²) in [5.74, 6) is -2.75. The molecular formula is C14H17F2NO3. The molecule has 1 aromatic rings. The topological polar surface area (TPSA) is 47.6 Å². The maximum atomic E-state index is 13.8. The van der Waals surface area contributed by atoms with Crippen molar-refractivity contribution in [2.75, 3.05) is 32.2 Å². The number of esters is 1. The number of carbonyl (C=O) groups is 1. The van der Waals surface area contributed by atoms with Crippen LogP contribution in [0.4, 0.5) is 14.5 Å². The van der Waals surface area contributed by atoms with Crippen molar-refractivity contribution in [3.63, 3.8) is 0 Å². The van der Waals surface area contributed by atoms with Gasteiger partial charge >= 0.3 is 5.97 Å². The molecule has 1 fully saturated rings. The third kappa shape index (κ3) is 3.25. The first-order valence-corrected chi connectivity index (χ1v) is 6.51. The molecule has 6 heteroatoms. The monoisotopic (exact) mass is 285 g/mol. The zero-order chi connectivity index (χ0) is 14.5. The Bertz CT molecular complexity index is 488. The number of anilines is 1. The Morgan fingerprint density at radius 3 is 2.70 bits per heavy atom. The van der Waals surface area contributed by atoms with Crippen molar-refractivity contribution in [1.29, 1.82) is 0 Å². The van der Waals surface area contributed by atoms with Crippen LogP contribution in [0, 0.1) is 17.6 Å². The Balaban J connectivity index is 2.05. The lowest BCUT2D eigenvalue weighted by atomic mass is 10.0. The quantitative estimate of drug-likeness (QED) is 0.864. The van der Waals surface area contributed by atoms with Crippen LogP contribution < -0.4 is 5.32 Å². The molecule has 0 aromatic heterocycles. The predicted octanol–water partition coefficient (Wildman–Crippen LogP) is 2.59. The van der Waals surface area contributed by atoms with E-state index in [1.54, 1.807) is 0 Å². The second kappa shape index (κ2) is 6.65. The first kappa shape index (κ1) is 14.7. The van der Waals surface area contributed by atoms with E-state index in [0.29, 0.717) is 25.7 Å². The summed E-state index contributed by atoms with van der Waals surface area (Å²) < 4.78 is 37.2. The van der Waals surface area contributed by atoms with Crippen molar-refractivity contribution in [2.45, 2.75) is 12.8 Å². The van der Waals surface area contributed by atoms with Crippen LogP contribution in [0.15, 0.2) is 12.1 Å². The van der Waals surface area contributed by atoms with E-state index in [1.807, 2.05) is 0 Å². The normalized spacial score (nSPS) is 15.9.